The van der Waals surface area contributed by atoms with E-state index in [4.69, 9.17) is 10.2 Å². The van der Waals surface area contributed by atoms with E-state index in [-0.39, 0.29) is 16.7 Å². The molecule has 2 rings (SSSR count). The molecule has 1 atom stereocenters. The van der Waals surface area contributed by atoms with E-state index in [1.54, 1.807) is 0 Å². The molecule has 0 spiro atoms. The van der Waals surface area contributed by atoms with Gasteiger partial charge in [0.25, 0.3) is 10.0 Å². The second-order valence-electron chi connectivity index (χ2n) is 4.32. The number of hydrogen-bond donors (Lipinski definition) is 2. The van der Waals surface area contributed by atoms with Gasteiger partial charge in [0.1, 0.15) is 0 Å². The number of thiazole rings is 1. The molecule has 1 aromatic heterocycles. The van der Waals surface area contributed by atoms with Gasteiger partial charge in [-0.3, -0.25) is 0 Å². The van der Waals surface area contributed by atoms with Gasteiger partial charge in [-0.2, -0.15) is 4.31 Å². The molecular formula is C10H14N2O5S2. The van der Waals surface area contributed by atoms with Crippen molar-refractivity contribution in [2.24, 2.45) is 5.92 Å². The van der Waals surface area contributed by atoms with Gasteiger partial charge in [0.15, 0.2) is 9.90 Å². The molecule has 7 nitrogen and oxygen atoms in total. The number of carboxylic acid groups (broad SMARTS) is 1. The van der Waals surface area contributed by atoms with Gasteiger partial charge >= 0.3 is 5.97 Å². The zero-order valence-corrected chi connectivity index (χ0v) is 11.7. The smallest absolute Gasteiger partial charge is 0.356 e. The monoisotopic (exact) mass is 306 g/mol. The van der Waals surface area contributed by atoms with E-state index >= 15 is 0 Å². The van der Waals surface area contributed by atoms with Crippen molar-refractivity contribution in [2.75, 3.05) is 19.7 Å². The molecule has 1 fully saturated rings. The maximum atomic E-state index is 12.3. The van der Waals surface area contributed by atoms with Crippen LogP contribution in [0.1, 0.15) is 23.3 Å². The summed E-state index contributed by atoms with van der Waals surface area (Å²) in [6.45, 7) is 0.698. The van der Waals surface area contributed by atoms with Gasteiger partial charge < -0.3 is 10.2 Å². The quantitative estimate of drug-likeness (QED) is 0.806. The number of carboxylic acids is 1. The van der Waals surface area contributed by atoms with E-state index in [1.165, 1.54) is 9.82 Å². The first-order valence-corrected chi connectivity index (χ1v) is 8.06. The molecule has 2 heterocycles. The molecule has 0 saturated carbocycles. The lowest BCUT2D eigenvalue weighted by Gasteiger charge is -2.15. The van der Waals surface area contributed by atoms with Gasteiger partial charge in [0.2, 0.25) is 0 Å². The summed E-state index contributed by atoms with van der Waals surface area (Å²) in [5.41, 5.74) is 0.799. The normalized spacial score (nSPS) is 20.8. The summed E-state index contributed by atoms with van der Waals surface area (Å²) in [7, 11) is -3.80. The number of nitrogens with zero attached hydrogens (tertiary/aromatic N) is 2. The molecule has 9 heteroatoms. The van der Waals surface area contributed by atoms with Gasteiger partial charge in [0, 0.05) is 19.7 Å². The molecule has 2 N–H and O–H groups in total. The average molecular weight is 306 g/mol. The summed E-state index contributed by atoms with van der Waals surface area (Å²) >= 11 is 0.815. The number of sulfonamides is 1. The SMILES string of the molecule is O=C(O)c1ncsc1S(=O)(=O)N1CCC(CCO)C1. The van der Waals surface area contributed by atoms with Crippen LogP contribution in [0.3, 0.4) is 0 Å². The lowest BCUT2D eigenvalue weighted by Crippen LogP contribution is -2.29. The Bertz CT molecular complexity index is 568. The number of aromatic nitrogens is 1. The summed E-state index contributed by atoms with van der Waals surface area (Å²) in [5, 5.41) is 17.8. The summed E-state index contributed by atoms with van der Waals surface area (Å²) in [4.78, 5) is 14.5. The van der Waals surface area contributed by atoms with Crippen LogP contribution >= 0.6 is 11.3 Å². The molecule has 0 radical (unpaired) electrons. The second-order valence-corrected chi connectivity index (χ2v) is 7.31. The number of aliphatic hydroxyl groups is 1. The number of hydrogen-bond acceptors (Lipinski definition) is 6. The Hall–Kier alpha value is -1.03. The molecule has 0 aliphatic carbocycles. The number of carbonyl (C=O) groups is 1. The highest BCUT2D eigenvalue weighted by molar-refractivity contribution is 7.91. The third-order valence-electron chi connectivity index (χ3n) is 3.10. The lowest BCUT2D eigenvalue weighted by atomic mass is 10.1. The van der Waals surface area contributed by atoms with Crippen LogP contribution in [0.25, 0.3) is 0 Å². The van der Waals surface area contributed by atoms with Crippen LogP contribution < -0.4 is 0 Å². The zero-order chi connectivity index (χ0) is 14.0. The van der Waals surface area contributed by atoms with Crippen LogP contribution in [0.4, 0.5) is 0 Å². The van der Waals surface area contributed by atoms with Crippen LogP contribution in [0.15, 0.2) is 9.72 Å². The number of rotatable bonds is 5. The highest BCUT2D eigenvalue weighted by atomic mass is 32.2. The maximum absolute atomic E-state index is 12.3. The highest BCUT2D eigenvalue weighted by Gasteiger charge is 2.36. The first kappa shape index (κ1) is 14.4. The molecule has 1 aliphatic heterocycles. The Labute approximate surface area is 114 Å². The maximum Gasteiger partial charge on any atom is 0.356 e. The Morgan fingerprint density at radius 2 is 2.32 bits per heavy atom. The van der Waals surface area contributed by atoms with Crippen molar-refractivity contribution < 1.29 is 23.4 Å². The minimum Gasteiger partial charge on any atom is -0.476 e. The molecule has 19 heavy (non-hydrogen) atoms. The summed E-state index contributed by atoms with van der Waals surface area (Å²) < 4.78 is 25.7. The van der Waals surface area contributed by atoms with Crippen molar-refractivity contribution in [2.45, 2.75) is 17.1 Å². The fourth-order valence-corrected chi connectivity index (χ4v) is 4.92. The summed E-state index contributed by atoms with van der Waals surface area (Å²) in [5.74, 6) is -1.22. The molecule has 0 amide bonds. The van der Waals surface area contributed by atoms with E-state index in [1.807, 2.05) is 0 Å². The Morgan fingerprint density at radius 3 is 2.95 bits per heavy atom. The standard InChI is InChI=1S/C10H14N2O5S2/c13-4-2-7-1-3-12(5-7)19(16,17)10-8(9(14)15)11-6-18-10/h6-7,13H,1-5H2,(H,14,15). The fraction of sp³-hybridized carbons (Fsp3) is 0.600. The van der Waals surface area contributed by atoms with Gasteiger partial charge in [-0.1, -0.05) is 0 Å². The largest absolute Gasteiger partial charge is 0.476 e. The molecular weight excluding hydrogens is 292 g/mol. The predicted octanol–water partition coefficient (Wildman–Crippen LogP) is 0.234. The summed E-state index contributed by atoms with van der Waals surface area (Å²) in [6, 6.07) is 0. The molecule has 1 unspecified atom stereocenters. The van der Waals surface area contributed by atoms with E-state index < -0.39 is 21.7 Å². The van der Waals surface area contributed by atoms with Crippen LogP contribution in [0, 0.1) is 5.92 Å². The van der Waals surface area contributed by atoms with Gasteiger partial charge in [-0.15, -0.1) is 11.3 Å². The molecule has 0 aromatic carbocycles. The van der Waals surface area contributed by atoms with Crippen molar-refractivity contribution >= 4 is 27.3 Å². The van der Waals surface area contributed by atoms with Crippen molar-refractivity contribution in [1.29, 1.82) is 0 Å². The van der Waals surface area contributed by atoms with Crippen molar-refractivity contribution in [3.8, 4) is 0 Å². The number of aromatic carboxylic acids is 1. The van der Waals surface area contributed by atoms with Gasteiger partial charge in [-0.25, -0.2) is 18.2 Å². The molecule has 0 bridgehead atoms. The minimum atomic E-state index is -3.80. The lowest BCUT2D eigenvalue weighted by molar-refractivity contribution is 0.0687. The van der Waals surface area contributed by atoms with Crippen molar-refractivity contribution in [3.63, 3.8) is 0 Å². The van der Waals surface area contributed by atoms with Crippen molar-refractivity contribution in [3.05, 3.63) is 11.2 Å². The molecule has 1 aromatic rings. The van der Waals surface area contributed by atoms with Gasteiger partial charge in [-0.05, 0) is 18.8 Å². The van der Waals surface area contributed by atoms with E-state index in [2.05, 4.69) is 4.98 Å². The Balaban J connectivity index is 2.24. The Kier molecular flexibility index (Phi) is 4.19. The third-order valence-corrected chi connectivity index (χ3v) is 6.31. The summed E-state index contributed by atoms with van der Waals surface area (Å²) in [6.07, 6.45) is 1.24. The Morgan fingerprint density at radius 1 is 1.58 bits per heavy atom. The molecule has 106 valence electrons. The first-order valence-electron chi connectivity index (χ1n) is 5.74. The predicted molar refractivity (Wildman–Crippen MR) is 67.6 cm³/mol. The van der Waals surface area contributed by atoms with Crippen LogP contribution in [-0.2, 0) is 10.0 Å². The third kappa shape index (κ3) is 2.78. The van der Waals surface area contributed by atoms with Gasteiger partial charge in [0.05, 0.1) is 5.51 Å². The van der Waals surface area contributed by atoms with Crippen LogP contribution in [0.5, 0.6) is 0 Å². The highest BCUT2D eigenvalue weighted by Crippen LogP contribution is 2.29. The second kappa shape index (κ2) is 5.53. The number of aliphatic hydroxyl groups excluding tert-OH is 1. The van der Waals surface area contributed by atoms with Crippen LogP contribution in [-0.4, -0.2) is 53.6 Å². The topological polar surface area (TPSA) is 108 Å². The molecule has 1 saturated heterocycles. The van der Waals surface area contributed by atoms with E-state index in [0.717, 1.165) is 11.3 Å². The average Bonchev–Trinajstić information content (AvgIpc) is 2.97. The van der Waals surface area contributed by atoms with E-state index in [0.29, 0.717) is 25.9 Å². The fourth-order valence-electron chi connectivity index (χ4n) is 2.11. The van der Waals surface area contributed by atoms with E-state index in [9.17, 15) is 13.2 Å². The minimum absolute atomic E-state index is 0.0273. The van der Waals surface area contributed by atoms with Crippen LogP contribution in [0.2, 0.25) is 0 Å². The van der Waals surface area contributed by atoms with Crippen molar-refractivity contribution in [1.82, 2.24) is 9.29 Å². The first-order chi connectivity index (χ1) is 8.96. The zero-order valence-electron chi connectivity index (χ0n) is 10.0. The molecule has 1 aliphatic rings.